The number of aliphatic hydroxyl groups excluding tert-OH is 1. The Morgan fingerprint density at radius 1 is 1.25 bits per heavy atom. The Morgan fingerprint density at radius 2 is 1.90 bits per heavy atom. The summed E-state index contributed by atoms with van der Waals surface area (Å²) in [4.78, 5) is 8.11. The second-order valence-corrected chi connectivity index (χ2v) is 5.34. The van der Waals surface area contributed by atoms with Gasteiger partial charge in [0.25, 0.3) is 0 Å². The number of benzene rings is 1. The zero-order valence-electron chi connectivity index (χ0n) is 11.7. The monoisotopic (exact) mass is 292 g/mol. The topological polar surface area (TPSA) is 55.2 Å². The van der Waals surface area contributed by atoms with Crippen molar-refractivity contribution in [2.45, 2.75) is 33.3 Å². The predicted molar refractivity (Wildman–Crippen MR) is 78.3 cm³/mol. The lowest BCUT2D eigenvalue weighted by molar-refractivity contribution is 0.280. The first-order valence-electron chi connectivity index (χ1n) is 6.41. The molecule has 5 heteroatoms. The van der Waals surface area contributed by atoms with Gasteiger partial charge in [-0.15, -0.1) is 0 Å². The lowest BCUT2D eigenvalue weighted by atomic mass is 10.0. The molecule has 1 N–H and O–H groups in total. The van der Waals surface area contributed by atoms with Gasteiger partial charge in [0, 0.05) is 23.0 Å². The molecule has 0 fully saturated rings. The van der Waals surface area contributed by atoms with Crippen molar-refractivity contribution in [1.29, 1.82) is 0 Å². The fourth-order valence-corrected chi connectivity index (χ4v) is 2.23. The smallest absolute Gasteiger partial charge is 0.321 e. The van der Waals surface area contributed by atoms with Crippen molar-refractivity contribution in [3.63, 3.8) is 0 Å². The SMILES string of the molecule is Cc1cc(Cl)c(C(C)C)cc1Oc1ncc(CO)cn1. The number of ether oxygens (including phenoxy) is 1. The summed E-state index contributed by atoms with van der Waals surface area (Å²) >= 11 is 6.22. The number of rotatable bonds is 4. The summed E-state index contributed by atoms with van der Waals surface area (Å²) in [6.45, 7) is 5.99. The number of nitrogens with zero attached hydrogens (tertiary/aromatic N) is 2. The maximum atomic E-state index is 8.95. The number of halogens is 1. The van der Waals surface area contributed by atoms with Gasteiger partial charge in [-0.1, -0.05) is 25.4 Å². The Labute approximate surface area is 123 Å². The van der Waals surface area contributed by atoms with Crippen LogP contribution >= 0.6 is 11.6 Å². The summed E-state index contributed by atoms with van der Waals surface area (Å²) in [7, 11) is 0. The molecule has 0 amide bonds. The Kier molecular flexibility index (Phi) is 4.57. The summed E-state index contributed by atoms with van der Waals surface area (Å²) in [5.74, 6) is 0.998. The third-order valence-corrected chi connectivity index (χ3v) is 3.31. The van der Waals surface area contributed by atoms with E-state index in [9.17, 15) is 0 Å². The van der Waals surface area contributed by atoms with Gasteiger partial charge in [-0.3, -0.25) is 0 Å². The quantitative estimate of drug-likeness (QED) is 0.930. The van der Waals surface area contributed by atoms with Crippen LogP contribution in [0.5, 0.6) is 11.8 Å². The largest absolute Gasteiger partial charge is 0.424 e. The van der Waals surface area contributed by atoms with Crippen molar-refractivity contribution in [3.8, 4) is 11.8 Å². The molecule has 0 unspecified atom stereocenters. The Bertz CT molecular complexity index is 598. The highest BCUT2D eigenvalue weighted by atomic mass is 35.5. The van der Waals surface area contributed by atoms with Crippen molar-refractivity contribution >= 4 is 11.6 Å². The highest BCUT2D eigenvalue weighted by Gasteiger charge is 2.11. The van der Waals surface area contributed by atoms with Crippen LogP contribution in [0.1, 0.15) is 36.5 Å². The third kappa shape index (κ3) is 3.26. The molecule has 0 bridgehead atoms. The van der Waals surface area contributed by atoms with Crippen LogP contribution in [-0.2, 0) is 6.61 Å². The normalized spacial score (nSPS) is 10.9. The highest BCUT2D eigenvalue weighted by molar-refractivity contribution is 6.31. The first-order chi connectivity index (χ1) is 9.51. The minimum atomic E-state index is -0.0856. The first kappa shape index (κ1) is 14.8. The Hall–Kier alpha value is -1.65. The molecule has 2 aromatic rings. The first-order valence-corrected chi connectivity index (χ1v) is 6.78. The second kappa shape index (κ2) is 6.20. The fourth-order valence-electron chi connectivity index (χ4n) is 1.80. The number of hydrogen-bond acceptors (Lipinski definition) is 4. The molecule has 0 aliphatic rings. The zero-order chi connectivity index (χ0) is 14.7. The van der Waals surface area contributed by atoms with Gasteiger partial charge in [-0.25, -0.2) is 9.97 Å². The van der Waals surface area contributed by atoms with Gasteiger partial charge in [0.15, 0.2) is 0 Å². The number of aliphatic hydroxyl groups is 1. The molecule has 0 spiro atoms. The van der Waals surface area contributed by atoms with Crippen LogP contribution in [0.4, 0.5) is 0 Å². The van der Waals surface area contributed by atoms with E-state index in [0.717, 1.165) is 16.1 Å². The number of hydrogen-bond donors (Lipinski definition) is 1. The average Bonchev–Trinajstić information content (AvgIpc) is 2.42. The lowest BCUT2D eigenvalue weighted by Crippen LogP contribution is -1.97. The van der Waals surface area contributed by atoms with E-state index in [1.165, 1.54) is 12.4 Å². The summed E-state index contributed by atoms with van der Waals surface area (Å²) in [5, 5.41) is 9.69. The molecule has 0 saturated carbocycles. The fraction of sp³-hybridized carbons (Fsp3) is 0.333. The molecule has 1 heterocycles. The summed E-state index contributed by atoms with van der Waals surface area (Å²) in [6, 6.07) is 4.06. The van der Waals surface area contributed by atoms with Gasteiger partial charge >= 0.3 is 6.01 Å². The van der Waals surface area contributed by atoms with Gasteiger partial charge < -0.3 is 9.84 Å². The standard InChI is InChI=1S/C15H17ClN2O2/c1-9(2)12-5-14(10(3)4-13(12)16)20-15-17-6-11(8-19)7-18-15/h4-7,9,19H,8H2,1-3H3. The van der Waals surface area contributed by atoms with Crippen molar-refractivity contribution in [1.82, 2.24) is 9.97 Å². The van der Waals surface area contributed by atoms with Crippen molar-refractivity contribution in [2.75, 3.05) is 0 Å². The van der Waals surface area contributed by atoms with E-state index in [1.807, 2.05) is 19.1 Å². The van der Waals surface area contributed by atoms with Crippen LogP contribution < -0.4 is 4.74 Å². The van der Waals surface area contributed by atoms with Gasteiger partial charge in [-0.05, 0) is 36.1 Å². The van der Waals surface area contributed by atoms with Crippen molar-refractivity contribution in [2.24, 2.45) is 0 Å². The minimum Gasteiger partial charge on any atom is -0.424 e. The maximum absolute atomic E-state index is 8.95. The van der Waals surface area contributed by atoms with E-state index in [0.29, 0.717) is 17.2 Å². The summed E-state index contributed by atoms with van der Waals surface area (Å²) in [6.07, 6.45) is 3.08. The Morgan fingerprint density at radius 3 is 2.45 bits per heavy atom. The molecule has 0 aliphatic carbocycles. The molecular weight excluding hydrogens is 276 g/mol. The summed E-state index contributed by atoms with van der Waals surface area (Å²) < 4.78 is 5.69. The molecule has 1 aromatic heterocycles. The van der Waals surface area contributed by atoms with Gasteiger partial charge in [-0.2, -0.15) is 0 Å². The molecule has 4 nitrogen and oxygen atoms in total. The van der Waals surface area contributed by atoms with Crippen LogP contribution in [-0.4, -0.2) is 15.1 Å². The van der Waals surface area contributed by atoms with Crippen molar-refractivity contribution in [3.05, 3.63) is 46.2 Å². The molecule has 0 radical (unpaired) electrons. The van der Waals surface area contributed by atoms with E-state index < -0.39 is 0 Å². The molecule has 0 saturated heterocycles. The van der Waals surface area contributed by atoms with Crippen LogP contribution in [0.25, 0.3) is 0 Å². The molecule has 1 aromatic carbocycles. The molecule has 0 aliphatic heterocycles. The highest BCUT2D eigenvalue weighted by Crippen LogP contribution is 2.32. The zero-order valence-corrected chi connectivity index (χ0v) is 12.5. The second-order valence-electron chi connectivity index (χ2n) is 4.93. The number of aromatic nitrogens is 2. The van der Waals surface area contributed by atoms with E-state index >= 15 is 0 Å². The van der Waals surface area contributed by atoms with Gasteiger partial charge in [0.05, 0.1) is 6.61 Å². The average molecular weight is 293 g/mol. The summed E-state index contributed by atoms with van der Waals surface area (Å²) in [5.41, 5.74) is 2.60. The van der Waals surface area contributed by atoms with Crippen LogP contribution in [0.15, 0.2) is 24.5 Å². The Balaban J connectivity index is 2.30. The molecular formula is C15H17ClN2O2. The van der Waals surface area contributed by atoms with E-state index in [4.69, 9.17) is 21.4 Å². The van der Waals surface area contributed by atoms with E-state index in [1.54, 1.807) is 0 Å². The molecule has 2 rings (SSSR count). The molecule has 106 valence electrons. The maximum Gasteiger partial charge on any atom is 0.321 e. The van der Waals surface area contributed by atoms with Crippen molar-refractivity contribution < 1.29 is 9.84 Å². The van der Waals surface area contributed by atoms with Gasteiger partial charge in [0.2, 0.25) is 0 Å². The predicted octanol–water partition coefficient (Wildman–Crippen LogP) is 3.85. The van der Waals surface area contributed by atoms with Crippen LogP contribution in [0.2, 0.25) is 5.02 Å². The third-order valence-electron chi connectivity index (χ3n) is 2.98. The molecule has 0 atom stereocenters. The van der Waals surface area contributed by atoms with E-state index in [-0.39, 0.29) is 12.6 Å². The lowest BCUT2D eigenvalue weighted by Gasteiger charge is -2.13. The molecule has 20 heavy (non-hydrogen) atoms. The number of aryl methyl sites for hydroxylation is 1. The minimum absolute atomic E-state index is 0.0856. The van der Waals surface area contributed by atoms with Crippen LogP contribution in [0.3, 0.4) is 0 Å². The van der Waals surface area contributed by atoms with Crippen LogP contribution in [0, 0.1) is 6.92 Å². The van der Waals surface area contributed by atoms with Gasteiger partial charge in [0.1, 0.15) is 5.75 Å². The van der Waals surface area contributed by atoms with E-state index in [2.05, 4.69) is 23.8 Å².